The highest BCUT2D eigenvalue weighted by atomic mass is 35.5. The van der Waals surface area contributed by atoms with Crippen molar-refractivity contribution in [3.05, 3.63) is 28.3 Å². The topological polar surface area (TPSA) is 44.3 Å². The lowest BCUT2D eigenvalue weighted by molar-refractivity contribution is 0.291. The molecule has 4 heteroatoms. The molecule has 1 heterocycles. The van der Waals surface area contributed by atoms with E-state index in [2.05, 4.69) is 16.7 Å². The van der Waals surface area contributed by atoms with Crippen LogP contribution < -0.4 is 10.6 Å². The molecule has 0 amide bonds. The third kappa shape index (κ3) is 3.12. The summed E-state index contributed by atoms with van der Waals surface area (Å²) in [5.41, 5.74) is 3.65. The van der Waals surface area contributed by atoms with E-state index in [9.17, 15) is 0 Å². The number of hydrogen-bond donors (Lipinski definition) is 3. The van der Waals surface area contributed by atoms with E-state index in [1.54, 1.807) is 0 Å². The fourth-order valence-electron chi connectivity index (χ4n) is 2.21. The van der Waals surface area contributed by atoms with Gasteiger partial charge in [-0.15, -0.1) is 0 Å². The number of aliphatic hydroxyl groups excluding tert-OH is 1. The Morgan fingerprint density at radius 3 is 3.12 bits per heavy atom. The summed E-state index contributed by atoms with van der Waals surface area (Å²) in [6, 6.07) is 4.61. The van der Waals surface area contributed by atoms with E-state index >= 15 is 0 Å². The number of benzene rings is 1. The largest absolute Gasteiger partial charge is 0.395 e. The lowest BCUT2D eigenvalue weighted by Crippen LogP contribution is -2.37. The molecule has 1 aliphatic heterocycles. The summed E-state index contributed by atoms with van der Waals surface area (Å²) < 4.78 is 0. The van der Waals surface area contributed by atoms with Gasteiger partial charge in [0.1, 0.15) is 0 Å². The molecule has 1 aromatic rings. The first kappa shape index (κ1) is 12.7. The van der Waals surface area contributed by atoms with Crippen LogP contribution in [0.25, 0.3) is 0 Å². The number of nitrogens with one attached hydrogen (secondary N) is 2. The molecule has 3 nitrogen and oxygen atoms in total. The fraction of sp³-hybridized carbons (Fsp3) is 0.538. The van der Waals surface area contributed by atoms with Crippen molar-refractivity contribution in [2.45, 2.75) is 25.8 Å². The molecule has 0 radical (unpaired) electrons. The van der Waals surface area contributed by atoms with Crippen LogP contribution in [0.15, 0.2) is 12.1 Å². The number of anilines is 1. The van der Waals surface area contributed by atoms with Crippen LogP contribution in [0.4, 0.5) is 5.69 Å². The smallest absolute Gasteiger partial charge is 0.0555 e. The van der Waals surface area contributed by atoms with E-state index in [1.165, 1.54) is 5.56 Å². The predicted octanol–water partition coefficient (Wildman–Crippen LogP) is 1.96. The lowest BCUT2D eigenvalue weighted by atomic mass is 9.96. The molecule has 0 aromatic heterocycles. The molecule has 1 aliphatic rings. The van der Waals surface area contributed by atoms with Gasteiger partial charge in [-0.25, -0.2) is 0 Å². The summed E-state index contributed by atoms with van der Waals surface area (Å²) in [7, 11) is 0. The average molecular weight is 255 g/mol. The van der Waals surface area contributed by atoms with Crippen molar-refractivity contribution >= 4 is 17.3 Å². The number of aryl methyl sites for hydroxylation is 2. The van der Waals surface area contributed by atoms with Gasteiger partial charge < -0.3 is 15.7 Å². The van der Waals surface area contributed by atoms with E-state index in [4.69, 9.17) is 16.7 Å². The number of halogens is 1. The van der Waals surface area contributed by atoms with Gasteiger partial charge in [0.25, 0.3) is 0 Å². The van der Waals surface area contributed by atoms with Crippen molar-refractivity contribution in [3.8, 4) is 0 Å². The van der Waals surface area contributed by atoms with E-state index in [1.807, 2.05) is 13.0 Å². The van der Waals surface area contributed by atoms with Crippen molar-refractivity contribution in [3.63, 3.8) is 0 Å². The molecule has 0 saturated heterocycles. The summed E-state index contributed by atoms with van der Waals surface area (Å²) >= 11 is 6.13. The lowest BCUT2D eigenvalue weighted by Gasteiger charge is -2.28. The van der Waals surface area contributed by atoms with Gasteiger partial charge in [0.2, 0.25) is 0 Å². The van der Waals surface area contributed by atoms with Crippen molar-refractivity contribution in [1.29, 1.82) is 0 Å². The van der Waals surface area contributed by atoms with E-state index in [0.29, 0.717) is 12.6 Å². The van der Waals surface area contributed by atoms with Gasteiger partial charge in [0, 0.05) is 29.8 Å². The average Bonchev–Trinajstić information content (AvgIpc) is 2.31. The van der Waals surface area contributed by atoms with Crippen LogP contribution in [-0.2, 0) is 6.42 Å². The Morgan fingerprint density at radius 2 is 2.35 bits per heavy atom. The fourth-order valence-corrected chi connectivity index (χ4v) is 2.38. The quantitative estimate of drug-likeness (QED) is 0.720. The molecule has 1 aromatic carbocycles. The van der Waals surface area contributed by atoms with Crippen LogP contribution in [0.2, 0.25) is 5.02 Å². The molecule has 3 N–H and O–H groups in total. The van der Waals surface area contributed by atoms with E-state index in [-0.39, 0.29) is 6.61 Å². The molecule has 1 atom stereocenters. The van der Waals surface area contributed by atoms with E-state index < -0.39 is 0 Å². The minimum atomic E-state index is 0.189. The molecule has 0 fully saturated rings. The van der Waals surface area contributed by atoms with Gasteiger partial charge in [-0.3, -0.25) is 0 Å². The monoisotopic (exact) mass is 254 g/mol. The second-order valence-electron chi connectivity index (χ2n) is 4.57. The summed E-state index contributed by atoms with van der Waals surface area (Å²) in [5, 5.41) is 16.3. The number of rotatable bonds is 4. The molecular weight excluding hydrogens is 236 g/mol. The van der Waals surface area contributed by atoms with Gasteiger partial charge >= 0.3 is 0 Å². The predicted molar refractivity (Wildman–Crippen MR) is 71.9 cm³/mol. The Hall–Kier alpha value is -0.770. The van der Waals surface area contributed by atoms with Crippen LogP contribution in [-0.4, -0.2) is 30.8 Å². The van der Waals surface area contributed by atoms with Crippen LogP contribution in [0.5, 0.6) is 0 Å². The van der Waals surface area contributed by atoms with Crippen molar-refractivity contribution < 1.29 is 5.11 Å². The first-order valence-corrected chi connectivity index (χ1v) is 6.45. The van der Waals surface area contributed by atoms with Gasteiger partial charge in [0.05, 0.1) is 6.61 Å². The maximum atomic E-state index is 8.72. The highest BCUT2D eigenvalue weighted by molar-refractivity contribution is 6.31. The van der Waals surface area contributed by atoms with Crippen LogP contribution in [0.1, 0.15) is 17.5 Å². The number of hydrogen-bond acceptors (Lipinski definition) is 3. The maximum absolute atomic E-state index is 8.72. The summed E-state index contributed by atoms with van der Waals surface area (Å²) in [6.45, 7) is 3.76. The van der Waals surface area contributed by atoms with Crippen LogP contribution in [0.3, 0.4) is 0 Å². The van der Waals surface area contributed by atoms with Crippen molar-refractivity contribution in [2.75, 3.05) is 25.0 Å². The van der Waals surface area contributed by atoms with Gasteiger partial charge in [-0.2, -0.15) is 0 Å². The van der Waals surface area contributed by atoms with E-state index in [0.717, 1.165) is 35.7 Å². The summed E-state index contributed by atoms with van der Waals surface area (Å²) in [6.07, 6.45) is 2.21. The standard InChI is InChI=1S/C13H19ClN2O/c1-9-6-10-2-3-11(8-15-4-5-17)16-13(10)7-12(9)14/h6-7,11,15-17H,2-5,8H2,1H3/t11-/m1/s1. The number of fused-ring (bicyclic) bond motifs is 1. The SMILES string of the molecule is Cc1cc2c(cc1Cl)N[C@@H](CNCCO)CC2. The zero-order chi connectivity index (χ0) is 12.3. The Kier molecular flexibility index (Phi) is 4.26. The molecular formula is C13H19ClN2O. The second-order valence-corrected chi connectivity index (χ2v) is 4.97. The third-order valence-electron chi connectivity index (χ3n) is 3.19. The number of aliphatic hydroxyl groups is 1. The zero-order valence-electron chi connectivity index (χ0n) is 10.1. The minimum Gasteiger partial charge on any atom is -0.395 e. The molecule has 94 valence electrons. The molecule has 17 heavy (non-hydrogen) atoms. The third-order valence-corrected chi connectivity index (χ3v) is 3.59. The minimum absolute atomic E-state index is 0.189. The van der Waals surface area contributed by atoms with Crippen molar-refractivity contribution in [1.82, 2.24) is 5.32 Å². The first-order valence-electron chi connectivity index (χ1n) is 6.08. The highest BCUT2D eigenvalue weighted by Gasteiger charge is 2.18. The normalized spacial score (nSPS) is 18.6. The van der Waals surface area contributed by atoms with Crippen LogP contribution in [0, 0.1) is 6.92 Å². The Balaban J connectivity index is 2.00. The maximum Gasteiger partial charge on any atom is 0.0555 e. The second kappa shape index (κ2) is 5.71. The van der Waals surface area contributed by atoms with Gasteiger partial charge in [-0.1, -0.05) is 17.7 Å². The summed E-state index contributed by atoms with van der Waals surface area (Å²) in [5.74, 6) is 0. The molecule has 0 saturated carbocycles. The van der Waals surface area contributed by atoms with Crippen LogP contribution >= 0.6 is 11.6 Å². The molecule has 0 bridgehead atoms. The van der Waals surface area contributed by atoms with Gasteiger partial charge in [-0.05, 0) is 37.0 Å². The Bertz CT molecular complexity index is 395. The molecule has 2 rings (SSSR count). The Morgan fingerprint density at radius 1 is 1.53 bits per heavy atom. The molecule has 0 aliphatic carbocycles. The summed E-state index contributed by atoms with van der Waals surface area (Å²) in [4.78, 5) is 0. The first-order chi connectivity index (χ1) is 8.20. The molecule has 0 spiro atoms. The Labute approximate surface area is 107 Å². The highest BCUT2D eigenvalue weighted by Crippen LogP contribution is 2.30. The zero-order valence-corrected chi connectivity index (χ0v) is 10.8. The van der Waals surface area contributed by atoms with Gasteiger partial charge in [0.15, 0.2) is 0 Å². The van der Waals surface area contributed by atoms with Crippen molar-refractivity contribution in [2.24, 2.45) is 0 Å². The molecule has 0 unspecified atom stereocenters.